The molecule has 0 radical (unpaired) electrons. The van der Waals surface area contributed by atoms with Crippen LogP contribution in [0, 0.1) is 0 Å². The minimum Gasteiger partial charge on any atom is -0.491 e. The van der Waals surface area contributed by atoms with Crippen LogP contribution in [0.25, 0.3) is 11.0 Å². The Labute approximate surface area is 129 Å². The number of furan rings is 1. The van der Waals surface area contributed by atoms with Crippen molar-refractivity contribution in [3.63, 3.8) is 0 Å². The van der Waals surface area contributed by atoms with Gasteiger partial charge in [-0.15, -0.1) is 0 Å². The molecule has 2 unspecified atom stereocenters. The van der Waals surface area contributed by atoms with Crippen LogP contribution in [0.4, 0.5) is 0 Å². The van der Waals surface area contributed by atoms with Crippen molar-refractivity contribution in [1.82, 2.24) is 0 Å². The van der Waals surface area contributed by atoms with Crippen molar-refractivity contribution in [2.75, 3.05) is 0 Å². The van der Waals surface area contributed by atoms with Gasteiger partial charge in [-0.3, -0.25) is 0 Å². The van der Waals surface area contributed by atoms with Crippen LogP contribution in [0.15, 0.2) is 58.2 Å². The second kappa shape index (κ2) is 5.99. The third-order valence-corrected chi connectivity index (χ3v) is 3.77. The molecule has 2 aromatic rings. The SMILES string of the molecule is CC(C)OC1=C(C(N)O)CC(c2cc3ccccc3o2)C=C1. The van der Waals surface area contributed by atoms with Crippen molar-refractivity contribution >= 4 is 11.0 Å². The fraction of sp³-hybridized carbons (Fsp3) is 0.333. The molecule has 0 saturated carbocycles. The smallest absolute Gasteiger partial charge is 0.134 e. The molecule has 0 amide bonds. The molecule has 1 aromatic heterocycles. The van der Waals surface area contributed by atoms with Crippen LogP contribution in [0.1, 0.15) is 31.9 Å². The molecular formula is C18H21NO3. The predicted molar refractivity (Wildman–Crippen MR) is 86.2 cm³/mol. The molecule has 0 saturated heterocycles. The average molecular weight is 299 g/mol. The molecule has 1 aliphatic carbocycles. The summed E-state index contributed by atoms with van der Waals surface area (Å²) >= 11 is 0. The van der Waals surface area contributed by atoms with Gasteiger partial charge in [-0.25, -0.2) is 0 Å². The minimum atomic E-state index is -1.02. The van der Waals surface area contributed by atoms with E-state index in [1.807, 2.05) is 56.3 Å². The number of aliphatic hydroxyl groups excluding tert-OH is 1. The fourth-order valence-electron chi connectivity index (χ4n) is 2.73. The normalized spacial score (nSPS) is 20.0. The summed E-state index contributed by atoms with van der Waals surface area (Å²) in [6.07, 6.45) is 3.53. The molecule has 1 aromatic carbocycles. The molecule has 3 rings (SSSR count). The van der Waals surface area contributed by atoms with E-state index in [-0.39, 0.29) is 12.0 Å². The lowest BCUT2D eigenvalue weighted by molar-refractivity contribution is 0.138. The number of allylic oxidation sites excluding steroid dienone is 2. The Balaban J connectivity index is 1.89. The van der Waals surface area contributed by atoms with Crippen molar-refractivity contribution in [2.45, 2.75) is 38.5 Å². The Morgan fingerprint density at radius 2 is 2.09 bits per heavy atom. The van der Waals surface area contributed by atoms with Crippen molar-refractivity contribution in [2.24, 2.45) is 5.73 Å². The van der Waals surface area contributed by atoms with Gasteiger partial charge in [0.15, 0.2) is 0 Å². The molecule has 1 heterocycles. The van der Waals surface area contributed by atoms with Crippen LogP contribution in [-0.2, 0) is 4.74 Å². The fourth-order valence-corrected chi connectivity index (χ4v) is 2.73. The summed E-state index contributed by atoms with van der Waals surface area (Å²) in [5, 5.41) is 10.9. The number of para-hydroxylation sites is 1. The first-order valence-electron chi connectivity index (χ1n) is 7.54. The zero-order valence-electron chi connectivity index (χ0n) is 12.8. The predicted octanol–water partition coefficient (Wildman–Crippen LogP) is 3.43. The number of aliphatic hydroxyl groups is 1. The van der Waals surface area contributed by atoms with Gasteiger partial charge >= 0.3 is 0 Å². The molecule has 2 atom stereocenters. The average Bonchev–Trinajstić information content (AvgIpc) is 2.90. The van der Waals surface area contributed by atoms with Crippen LogP contribution < -0.4 is 5.73 Å². The molecule has 4 heteroatoms. The molecule has 0 fully saturated rings. The van der Waals surface area contributed by atoms with Gasteiger partial charge in [-0.05, 0) is 38.5 Å². The molecule has 0 aliphatic heterocycles. The van der Waals surface area contributed by atoms with E-state index in [9.17, 15) is 5.11 Å². The highest BCUT2D eigenvalue weighted by Gasteiger charge is 2.25. The second-order valence-electron chi connectivity index (χ2n) is 5.86. The van der Waals surface area contributed by atoms with Crippen molar-refractivity contribution in [3.05, 3.63) is 59.6 Å². The summed E-state index contributed by atoms with van der Waals surface area (Å²) in [4.78, 5) is 0. The largest absolute Gasteiger partial charge is 0.491 e. The molecule has 22 heavy (non-hydrogen) atoms. The summed E-state index contributed by atoms with van der Waals surface area (Å²) in [6, 6.07) is 9.96. The van der Waals surface area contributed by atoms with Gasteiger partial charge in [0.05, 0.1) is 6.10 Å². The Kier molecular flexibility index (Phi) is 4.05. The van der Waals surface area contributed by atoms with E-state index < -0.39 is 6.23 Å². The number of benzene rings is 1. The van der Waals surface area contributed by atoms with E-state index in [0.29, 0.717) is 17.8 Å². The molecule has 4 nitrogen and oxygen atoms in total. The Bertz CT molecular complexity index is 692. The van der Waals surface area contributed by atoms with E-state index in [1.54, 1.807) is 0 Å². The van der Waals surface area contributed by atoms with Crippen LogP contribution in [0.2, 0.25) is 0 Å². The lowest BCUT2D eigenvalue weighted by atomic mass is 9.90. The third-order valence-electron chi connectivity index (χ3n) is 3.77. The standard InChI is InChI=1S/C18H21NO3/c1-11(2)21-16-8-7-13(9-14(16)18(19)20)17-10-12-5-3-4-6-15(12)22-17/h3-8,10-11,13,18,20H,9,19H2,1-2H3. The molecule has 0 spiro atoms. The zero-order valence-corrected chi connectivity index (χ0v) is 12.8. The van der Waals surface area contributed by atoms with E-state index in [1.165, 1.54) is 0 Å². The summed E-state index contributed by atoms with van der Waals surface area (Å²) in [5.74, 6) is 1.59. The van der Waals surface area contributed by atoms with Crippen molar-refractivity contribution < 1.29 is 14.3 Å². The monoisotopic (exact) mass is 299 g/mol. The minimum absolute atomic E-state index is 0.0381. The van der Waals surface area contributed by atoms with Crippen molar-refractivity contribution in [1.29, 1.82) is 0 Å². The highest BCUT2D eigenvalue weighted by molar-refractivity contribution is 5.77. The van der Waals surface area contributed by atoms with Gasteiger partial charge in [-0.1, -0.05) is 24.3 Å². The van der Waals surface area contributed by atoms with Gasteiger partial charge in [0.1, 0.15) is 23.3 Å². The molecule has 1 aliphatic rings. The molecule has 0 bridgehead atoms. The first kappa shape index (κ1) is 14.9. The first-order chi connectivity index (χ1) is 10.5. The molecular weight excluding hydrogens is 278 g/mol. The van der Waals surface area contributed by atoms with Crippen LogP contribution in [0.5, 0.6) is 0 Å². The summed E-state index contributed by atoms with van der Waals surface area (Å²) in [5.41, 5.74) is 7.28. The Hall–Kier alpha value is -2.04. The maximum atomic E-state index is 9.84. The summed E-state index contributed by atoms with van der Waals surface area (Å²) in [7, 11) is 0. The third kappa shape index (κ3) is 2.93. The summed E-state index contributed by atoms with van der Waals surface area (Å²) < 4.78 is 11.6. The number of rotatable bonds is 4. The van der Waals surface area contributed by atoms with Gasteiger partial charge in [0, 0.05) is 16.9 Å². The highest BCUT2D eigenvalue weighted by atomic mass is 16.5. The second-order valence-corrected chi connectivity index (χ2v) is 5.86. The number of hydrogen-bond donors (Lipinski definition) is 2. The maximum absolute atomic E-state index is 9.84. The van der Waals surface area contributed by atoms with Gasteiger partial charge in [0.25, 0.3) is 0 Å². The maximum Gasteiger partial charge on any atom is 0.134 e. The number of fused-ring (bicyclic) bond motifs is 1. The van der Waals surface area contributed by atoms with Crippen LogP contribution in [0.3, 0.4) is 0 Å². The van der Waals surface area contributed by atoms with Crippen molar-refractivity contribution in [3.8, 4) is 0 Å². The lowest BCUT2D eigenvalue weighted by Crippen LogP contribution is -2.26. The van der Waals surface area contributed by atoms with Gasteiger partial charge in [0.2, 0.25) is 0 Å². The highest BCUT2D eigenvalue weighted by Crippen LogP contribution is 2.35. The van der Waals surface area contributed by atoms with E-state index in [0.717, 1.165) is 16.7 Å². The van der Waals surface area contributed by atoms with Crippen LogP contribution >= 0.6 is 0 Å². The number of nitrogens with two attached hydrogens (primary N) is 1. The van der Waals surface area contributed by atoms with E-state index in [2.05, 4.69) is 0 Å². The summed E-state index contributed by atoms with van der Waals surface area (Å²) in [6.45, 7) is 3.90. The number of ether oxygens (including phenoxy) is 1. The molecule has 3 N–H and O–H groups in total. The Morgan fingerprint density at radius 3 is 2.77 bits per heavy atom. The zero-order chi connectivity index (χ0) is 15.7. The Morgan fingerprint density at radius 1 is 1.32 bits per heavy atom. The van der Waals surface area contributed by atoms with Gasteiger partial charge < -0.3 is 20.0 Å². The van der Waals surface area contributed by atoms with Crippen LogP contribution in [-0.4, -0.2) is 17.4 Å². The van der Waals surface area contributed by atoms with E-state index in [4.69, 9.17) is 14.9 Å². The lowest BCUT2D eigenvalue weighted by Gasteiger charge is -2.24. The molecule has 116 valence electrons. The topological polar surface area (TPSA) is 68.6 Å². The quantitative estimate of drug-likeness (QED) is 0.849. The first-order valence-corrected chi connectivity index (χ1v) is 7.54. The van der Waals surface area contributed by atoms with Gasteiger partial charge in [-0.2, -0.15) is 0 Å². The number of hydrogen-bond acceptors (Lipinski definition) is 4. The van der Waals surface area contributed by atoms with E-state index >= 15 is 0 Å².